The molecule has 3 nitrogen and oxygen atoms in total. The maximum Gasteiger partial charge on any atom is 0.146 e. The minimum Gasteiger partial charge on any atom is -0.378 e. The van der Waals surface area contributed by atoms with Crippen LogP contribution in [0.3, 0.4) is 0 Å². The van der Waals surface area contributed by atoms with Crippen LogP contribution in [0.15, 0.2) is 41.0 Å². The second-order valence-electron chi connectivity index (χ2n) is 3.60. The van der Waals surface area contributed by atoms with Crippen LogP contribution >= 0.6 is 15.9 Å². The summed E-state index contributed by atoms with van der Waals surface area (Å²) in [5.74, 6) is -0.333. The van der Waals surface area contributed by atoms with E-state index in [1.54, 1.807) is 30.5 Å². The first-order chi connectivity index (χ1) is 8.70. The zero-order valence-electron chi connectivity index (χ0n) is 9.32. The Kier molecular flexibility index (Phi) is 3.90. The Labute approximate surface area is 112 Å². The Morgan fingerprint density at radius 3 is 3.00 bits per heavy atom. The second-order valence-corrected chi connectivity index (χ2v) is 4.52. The molecule has 0 atom stereocenters. The zero-order chi connectivity index (χ0) is 13.0. The van der Waals surface area contributed by atoms with E-state index in [0.29, 0.717) is 17.9 Å². The van der Waals surface area contributed by atoms with E-state index in [-0.39, 0.29) is 5.82 Å². The SMILES string of the molecule is N#Cc1ncccc1CNc1cc(Br)ccc1F. The molecular weight excluding hydrogens is 297 g/mol. The van der Waals surface area contributed by atoms with Crippen molar-refractivity contribution >= 4 is 21.6 Å². The van der Waals surface area contributed by atoms with E-state index >= 15 is 0 Å². The highest BCUT2D eigenvalue weighted by atomic mass is 79.9. The number of nitrogens with zero attached hydrogens (tertiary/aromatic N) is 2. The van der Waals surface area contributed by atoms with Gasteiger partial charge in [-0.05, 0) is 24.3 Å². The van der Waals surface area contributed by atoms with Crippen molar-refractivity contribution in [1.82, 2.24) is 4.98 Å². The van der Waals surface area contributed by atoms with E-state index in [0.717, 1.165) is 10.0 Å². The van der Waals surface area contributed by atoms with Crippen molar-refractivity contribution in [3.8, 4) is 6.07 Å². The van der Waals surface area contributed by atoms with Gasteiger partial charge >= 0.3 is 0 Å². The Morgan fingerprint density at radius 2 is 2.22 bits per heavy atom. The van der Waals surface area contributed by atoms with Crippen LogP contribution in [0, 0.1) is 17.1 Å². The molecule has 0 aliphatic rings. The van der Waals surface area contributed by atoms with Crippen LogP contribution in [0.1, 0.15) is 11.3 Å². The Bertz CT molecular complexity index is 607. The topological polar surface area (TPSA) is 48.7 Å². The molecule has 0 aliphatic carbocycles. The molecule has 1 heterocycles. The lowest BCUT2D eigenvalue weighted by molar-refractivity contribution is 0.630. The number of halogens is 2. The predicted molar refractivity (Wildman–Crippen MR) is 70.4 cm³/mol. The van der Waals surface area contributed by atoms with Crippen molar-refractivity contribution in [2.75, 3.05) is 5.32 Å². The monoisotopic (exact) mass is 305 g/mol. The van der Waals surface area contributed by atoms with E-state index in [1.807, 2.05) is 6.07 Å². The van der Waals surface area contributed by atoms with Gasteiger partial charge in [0.05, 0.1) is 5.69 Å². The number of pyridine rings is 1. The average molecular weight is 306 g/mol. The number of nitrogens with one attached hydrogen (secondary N) is 1. The Hall–Kier alpha value is -1.93. The lowest BCUT2D eigenvalue weighted by atomic mass is 10.2. The fourth-order valence-electron chi connectivity index (χ4n) is 1.51. The van der Waals surface area contributed by atoms with Gasteiger partial charge in [0.2, 0.25) is 0 Å². The summed E-state index contributed by atoms with van der Waals surface area (Å²) in [6.45, 7) is 0.351. The first kappa shape index (κ1) is 12.5. The van der Waals surface area contributed by atoms with Crippen LogP contribution in [0.4, 0.5) is 10.1 Å². The number of hydrogen-bond acceptors (Lipinski definition) is 3. The summed E-state index contributed by atoms with van der Waals surface area (Å²) in [4.78, 5) is 3.95. The molecule has 18 heavy (non-hydrogen) atoms. The van der Waals surface area contributed by atoms with Crippen LogP contribution in [0.5, 0.6) is 0 Å². The molecule has 1 aromatic carbocycles. The third-order valence-corrected chi connectivity index (χ3v) is 2.89. The molecule has 0 fully saturated rings. The standard InChI is InChI=1S/C13H9BrFN3/c14-10-3-4-11(15)12(6-10)18-8-9-2-1-5-17-13(9)7-16/h1-6,18H,8H2. The van der Waals surface area contributed by atoms with Crippen molar-refractivity contribution in [1.29, 1.82) is 5.26 Å². The van der Waals surface area contributed by atoms with E-state index in [2.05, 4.69) is 26.2 Å². The number of aromatic nitrogens is 1. The fraction of sp³-hybridized carbons (Fsp3) is 0.0769. The molecule has 0 saturated carbocycles. The van der Waals surface area contributed by atoms with Gasteiger partial charge in [0.15, 0.2) is 0 Å². The lowest BCUT2D eigenvalue weighted by Crippen LogP contribution is -2.04. The minimum absolute atomic E-state index is 0.333. The molecule has 1 N–H and O–H groups in total. The molecular formula is C13H9BrFN3. The van der Waals surface area contributed by atoms with Gasteiger partial charge in [-0.3, -0.25) is 0 Å². The van der Waals surface area contributed by atoms with Gasteiger partial charge in [-0.15, -0.1) is 0 Å². The molecule has 5 heteroatoms. The lowest BCUT2D eigenvalue weighted by Gasteiger charge is -2.08. The van der Waals surface area contributed by atoms with Gasteiger partial charge in [0.1, 0.15) is 17.6 Å². The fourth-order valence-corrected chi connectivity index (χ4v) is 1.87. The summed E-state index contributed by atoms with van der Waals surface area (Å²) >= 11 is 3.28. The molecule has 2 aromatic rings. The third kappa shape index (κ3) is 2.84. The highest BCUT2D eigenvalue weighted by Gasteiger charge is 2.05. The zero-order valence-corrected chi connectivity index (χ0v) is 10.9. The van der Waals surface area contributed by atoms with E-state index in [1.165, 1.54) is 6.07 Å². The Morgan fingerprint density at radius 1 is 1.39 bits per heavy atom. The highest BCUT2D eigenvalue weighted by molar-refractivity contribution is 9.10. The number of nitriles is 1. The largest absolute Gasteiger partial charge is 0.378 e. The molecule has 0 radical (unpaired) electrons. The van der Waals surface area contributed by atoms with E-state index in [9.17, 15) is 4.39 Å². The summed E-state index contributed by atoms with van der Waals surface area (Å²) in [6, 6.07) is 10.2. The average Bonchev–Trinajstić information content (AvgIpc) is 2.40. The normalized spacial score (nSPS) is 9.83. The van der Waals surface area contributed by atoms with E-state index < -0.39 is 0 Å². The first-order valence-corrected chi connectivity index (χ1v) is 6.03. The first-order valence-electron chi connectivity index (χ1n) is 5.23. The molecule has 0 unspecified atom stereocenters. The maximum absolute atomic E-state index is 13.5. The van der Waals surface area contributed by atoms with Crippen LogP contribution in [0.2, 0.25) is 0 Å². The van der Waals surface area contributed by atoms with Crippen molar-refractivity contribution in [2.24, 2.45) is 0 Å². The van der Waals surface area contributed by atoms with Gasteiger partial charge in [0, 0.05) is 22.8 Å². The van der Waals surface area contributed by atoms with Gasteiger partial charge in [-0.25, -0.2) is 9.37 Å². The van der Waals surface area contributed by atoms with Crippen LogP contribution in [0.25, 0.3) is 0 Å². The molecule has 0 bridgehead atoms. The summed E-state index contributed by atoms with van der Waals surface area (Å²) in [5.41, 5.74) is 1.47. The van der Waals surface area contributed by atoms with Crippen molar-refractivity contribution < 1.29 is 4.39 Å². The minimum atomic E-state index is -0.333. The smallest absolute Gasteiger partial charge is 0.146 e. The van der Waals surface area contributed by atoms with Gasteiger partial charge in [-0.1, -0.05) is 22.0 Å². The third-order valence-electron chi connectivity index (χ3n) is 2.39. The van der Waals surface area contributed by atoms with Crippen molar-refractivity contribution in [2.45, 2.75) is 6.54 Å². The van der Waals surface area contributed by atoms with Crippen LogP contribution in [-0.4, -0.2) is 4.98 Å². The Balaban J connectivity index is 2.17. The quantitative estimate of drug-likeness (QED) is 0.944. The van der Waals surface area contributed by atoms with Crippen molar-refractivity contribution in [3.05, 3.63) is 58.1 Å². The molecule has 0 aliphatic heterocycles. The molecule has 0 amide bonds. The number of benzene rings is 1. The maximum atomic E-state index is 13.5. The summed E-state index contributed by atoms with van der Waals surface area (Å²) in [7, 11) is 0. The molecule has 0 spiro atoms. The number of rotatable bonds is 3. The van der Waals surface area contributed by atoms with Gasteiger partial charge in [0.25, 0.3) is 0 Å². The number of hydrogen-bond donors (Lipinski definition) is 1. The van der Waals surface area contributed by atoms with Crippen molar-refractivity contribution in [3.63, 3.8) is 0 Å². The second kappa shape index (κ2) is 5.61. The van der Waals surface area contributed by atoms with Gasteiger partial charge in [-0.2, -0.15) is 5.26 Å². The van der Waals surface area contributed by atoms with E-state index in [4.69, 9.17) is 5.26 Å². The molecule has 90 valence electrons. The van der Waals surface area contributed by atoms with Crippen LogP contribution < -0.4 is 5.32 Å². The highest BCUT2D eigenvalue weighted by Crippen LogP contribution is 2.20. The number of anilines is 1. The molecule has 2 rings (SSSR count). The molecule has 1 aromatic heterocycles. The summed E-state index contributed by atoms with van der Waals surface area (Å²) in [5, 5.41) is 11.8. The summed E-state index contributed by atoms with van der Waals surface area (Å²) in [6.07, 6.45) is 1.56. The summed E-state index contributed by atoms with van der Waals surface area (Å²) < 4.78 is 14.3. The molecule has 0 saturated heterocycles. The van der Waals surface area contributed by atoms with Gasteiger partial charge < -0.3 is 5.32 Å². The predicted octanol–water partition coefficient (Wildman–Crippen LogP) is 3.47. The van der Waals surface area contributed by atoms with Crippen LogP contribution in [-0.2, 0) is 6.54 Å².